The summed E-state index contributed by atoms with van der Waals surface area (Å²) >= 11 is 3.30. The predicted octanol–water partition coefficient (Wildman–Crippen LogP) is 2.14. The molecular weight excluding hydrogens is 297 g/mol. The number of benzene rings is 1. The normalized spacial score (nSPS) is 11.4. The summed E-state index contributed by atoms with van der Waals surface area (Å²) in [7, 11) is 1.31. The number of carbonyl (C=O) groups is 1. The first-order valence-electron chi connectivity index (χ1n) is 4.35. The Hall–Kier alpha value is -0.780. The fraction of sp³-hybridized carbons (Fsp3) is 0.300. The van der Waals surface area contributed by atoms with Crippen molar-refractivity contribution >= 4 is 34.3 Å². The number of phenolic OH excluding ortho intramolecular Hbond substituents is 1. The molecule has 3 N–H and O–H groups in total. The molecule has 90 valence electrons. The van der Waals surface area contributed by atoms with Crippen molar-refractivity contribution in [3.8, 4) is 5.75 Å². The molecule has 1 rings (SSSR count). The standard InChI is InChI=1S/C10H12BrNO3.ClH/c1-15-10(14)5-9(12)7-4-6(13)2-3-8(7)11;/h2-4,9,13H,5,12H2,1H3;1H/t9-;/m0./s1. The van der Waals surface area contributed by atoms with Crippen LogP contribution in [0, 0.1) is 0 Å². The molecule has 0 aliphatic heterocycles. The molecule has 0 unspecified atom stereocenters. The molecule has 6 heteroatoms. The largest absolute Gasteiger partial charge is 0.508 e. The van der Waals surface area contributed by atoms with Gasteiger partial charge in [0.15, 0.2) is 0 Å². The average Bonchev–Trinajstić information content (AvgIpc) is 2.21. The van der Waals surface area contributed by atoms with Crippen LogP contribution in [0.1, 0.15) is 18.0 Å². The van der Waals surface area contributed by atoms with E-state index in [1.807, 2.05) is 0 Å². The maximum Gasteiger partial charge on any atom is 0.307 e. The lowest BCUT2D eigenvalue weighted by Crippen LogP contribution is -2.16. The number of hydrogen-bond acceptors (Lipinski definition) is 4. The van der Waals surface area contributed by atoms with Gasteiger partial charge in [-0.15, -0.1) is 12.4 Å². The van der Waals surface area contributed by atoms with Crippen LogP contribution < -0.4 is 5.73 Å². The Kier molecular flexibility index (Phi) is 6.40. The Bertz CT molecular complexity index is 373. The van der Waals surface area contributed by atoms with Crippen LogP contribution in [-0.2, 0) is 9.53 Å². The summed E-state index contributed by atoms with van der Waals surface area (Å²) in [5, 5.41) is 9.29. The minimum Gasteiger partial charge on any atom is -0.508 e. The van der Waals surface area contributed by atoms with Gasteiger partial charge in [0, 0.05) is 10.5 Å². The van der Waals surface area contributed by atoms with Crippen LogP contribution >= 0.6 is 28.3 Å². The summed E-state index contributed by atoms with van der Waals surface area (Å²) in [5.41, 5.74) is 6.48. The van der Waals surface area contributed by atoms with Crippen LogP contribution in [0.25, 0.3) is 0 Å². The number of hydrogen-bond donors (Lipinski definition) is 2. The van der Waals surface area contributed by atoms with Gasteiger partial charge in [-0.25, -0.2) is 0 Å². The first-order valence-corrected chi connectivity index (χ1v) is 5.14. The second kappa shape index (κ2) is 6.73. The highest BCUT2D eigenvalue weighted by Crippen LogP contribution is 2.27. The molecule has 0 amide bonds. The molecule has 1 aromatic rings. The summed E-state index contributed by atoms with van der Waals surface area (Å²) in [4.78, 5) is 11.0. The van der Waals surface area contributed by atoms with E-state index in [0.717, 1.165) is 4.47 Å². The summed E-state index contributed by atoms with van der Waals surface area (Å²) in [5.74, 6) is -0.258. The molecule has 0 radical (unpaired) electrons. The van der Waals surface area contributed by atoms with Gasteiger partial charge in [0.2, 0.25) is 0 Å². The first-order chi connectivity index (χ1) is 7.04. The number of phenols is 1. The van der Waals surface area contributed by atoms with Crippen molar-refractivity contribution in [1.29, 1.82) is 0 Å². The quantitative estimate of drug-likeness (QED) is 0.839. The van der Waals surface area contributed by atoms with Crippen molar-refractivity contribution < 1.29 is 14.6 Å². The Morgan fingerprint density at radius 3 is 2.81 bits per heavy atom. The van der Waals surface area contributed by atoms with Gasteiger partial charge in [0.25, 0.3) is 0 Å². The van der Waals surface area contributed by atoms with E-state index in [1.54, 1.807) is 12.1 Å². The third kappa shape index (κ3) is 4.00. The highest BCUT2D eigenvalue weighted by molar-refractivity contribution is 9.10. The van der Waals surface area contributed by atoms with Crippen molar-refractivity contribution in [2.75, 3.05) is 7.11 Å². The zero-order chi connectivity index (χ0) is 11.4. The first kappa shape index (κ1) is 15.2. The van der Waals surface area contributed by atoms with Gasteiger partial charge in [-0.1, -0.05) is 15.9 Å². The van der Waals surface area contributed by atoms with Crippen molar-refractivity contribution in [2.24, 2.45) is 5.73 Å². The van der Waals surface area contributed by atoms with E-state index in [-0.39, 0.29) is 30.5 Å². The molecule has 4 nitrogen and oxygen atoms in total. The molecule has 0 aromatic heterocycles. The second-order valence-corrected chi connectivity index (χ2v) is 3.95. The van der Waals surface area contributed by atoms with Crippen LogP contribution in [0.15, 0.2) is 22.7 Å². The maximum atomic E-state index is 11.0. The number of ether oxygens (including phenoxy) is 1. The Morgan fingerprint density at radius 2 is 2.25 bits per heavy atom. The molecule has 1 atom stereocenters. The zero-order valence-corrected chi connectivity index (χ0v) is 11.0. The fourth-order valence-corrected chi connectivity index (χ4v) is 1.73. The fourth-order valence-electron chi connectivity index (χ4n) is 1.19. The number of carbonyl (C=O) groups excluding carboxylic acids is 1. The number of esters is 1. The summed E-state index contributed by atoms with van der Waals surface area (Å²) in [6, 6.07) is 4.26. The van der Waals surface area contributed by atoms with Gasteiger partial charge in [-0.3, -0.25) is 4.79 Å². The van der Waals surface area contributed by atoms with E-state index < -0.39 is 6.04 Å². The highest BCUT2D eigenvalue weighted by atomic mass is 79.9. The van der Waals surface area contributed by atoms with Gasteiger partial charge in [0.05, 0.1) is 13.5 Å². The summed E-state index contributed by atoms with van der Waals surface area (Å²) < 4.78 is 5.28. The minimum absolute atomic E-state index is 0. The van der Waals surface area contributed by atoms with Crippen molar-refractivity contribution in [1.82, 2.24) is 0 Å². The molecular formula is C10H13BrClNO3. The predicted molar refractivity (Wildman–Crippen MR) is 66.6 cm³/mol. The van der Waals surface area contributed by atoms with E-state index in [9.17, 15) is 9.90 Å². The number of rotatable bonds is 3. The number of nitrogens with two attached hydrogens (primary N) is 1. The van der Waals surface area contributed by atoms with E-state index >= 15 is 0 Å². The SMILES string of the molecule is COC(=O)C[C@H](N)c1cc(O)ccc1Br.Cl. The van der Waals surface area contributed by atoms with Gasteiger partial charge in [0.1, 0.15) is 5.75 Å². The maximum absolute atomic E-state index is 11.0. The Morgan fingerprint density at radius 1 is 1.62 bits per heavy atom. The van der Waals surface area contributed by atoms with Gasteiger partial charge in [-0.2, -0.15) is 0 Å². The molecule has 0 fully saturated rings. The van der Waals surface area contributed by atoms with Crippen LogP contribution in [0.3, 0.4) is 0 Å². The number of halogens is 2. The van der Waals surface area contributed by atoms with E-state index in [4.69, 9.17) is 5.73 Å². The lowest BCUT2D eigenvalue weighted by atomic mass is 10.0. The van der Waals surface area contributed by atoms with Gasteiger partial charge >= 0.3 is 5.97 Å². The molecule has 0 aliphatic rings. The molecule has 0 aliphatic carbocycles. The Labute approximate surface area is 108 Å². The van der Waals surface area contributed by atoms with Gasteiger partial charge in [-0.05, 0) is 23.8 Å². The van der Waals surface area contributed by atoms with Crippen molar-refractivity contribution in [3.63, 3.8) is 0 Å². The third-order valence-corrected chi connectivity index (χ3v) is 2.72. The summed E-state index contributed by atoms with van der Waals surface area (Å²) in [6.45, 7) is 0. The molecule has 0 bridgehead atoms. The highest BCUT2D eigenvalue weighted by Gasteiger charge is 2.15. The summed E-state index contributed by atoms with van der Waals surface area (Å²) in [6.07, 6.45) is 0.0819. The second-order valence-electron chi connectivity index (χ2n) is 3.09. The lowest BCUT2D eigenvalue weighted by Gasteiger charge is -2.12. The van der Waals surface area contributed by atoms with Crippen LogP contribution in [-0.4, -0.2) is 18.2 Å². The van der Waals surface area contributed by atoms with Gasteiger partial charge < -0.3 is 15.6 Å². The van der Waals surface area contributed by atoms with Crippen LogP contribution in [0.2, 0.25) is 0 Å². The Balaban J connectivity index is 0.00000225. The smallest absolute Gasteiger partial charge is 0.307 e. The lowest BCUT2D eigenvalue weighted by molar-refractivity contribution is -0.141. The zero-order valence-electron chi connectivity index (χ0n) is 8.64. The topological polar surface area (TPSA) is 72.5 Å². The molecule has 16 heavy (non-hydrogen) atoms. The van der Waals surface area contributed by atoms with Crippen molar-refractivity contribution in [3.05, 3.63) is 28.2 Å². The van der Waals surface area contributed by atoms with E-state index in [1.165, 1.54) is 13.2 Å². The number of aromatic hydroxyl groups is 1. The molecule has 1 aromatic carbocycles. The molecule has 0 spiro atoms. The van der Waals surface area contributed by atoms with Crippen molar-refractivity contribution in [2.45, 2.75) is 12.5 Å². The number of methoxy groups -OCH3 is 1. The minimum atomic E-state index is -0.487. The van der Waals surface area contributed by atoms with E-state index in [2.05, 4.69) is 20.7 Å². The van der Waals surface area contributed by atoms with Crippen LogP contribution in [0.4, 0.5) is 0 Å². The molecule has 0 saturated carbocycles. The molecule has 0 saturated heterocycles. The average molecular weight is 311 g/mol. The molecule has 0 heterocycles. The van der Waals surface area contributed by atoms with Crippen LogP contribution in [0.5, 0.6) is 5.75 Å². The monoisotopic (exact) mass is 309 g/mol. The van der Waals surface area contributed by atoms with E-state index in [0.29, 0.717) is 5.56 Å². The third-order valence-electron chi connectivity index (χ3n) is 1.99.